The third-order valence-corrected chi connectivity index (χ3v) is 3.28. The van der Waals surface area contributed by atoms with Gasteiger partial charge in [0, 0.05) is 30.9 Å². The second-order valence-corrected chi connectivity index (χ2v) is 5.16. The Morgan fingerprint density at radius 1 is 1.26 bits per heavy atom. The van der Waals surface area contributed by atoms with Crippen LogP contribution in [-0.4, -0.2) is 28.5 Å². The van der Waals surface area contributed by atoms with Gasteiger partial charge in [0.15, 0.2) is 5.96 Å². The highest BCUT2D eigenvalue weighted by atomic mass is 127. The molecule has 0 amide bonds. The summed E-state index contributed by atoms with van der Waals surface area (Å²) in [7, 11) is 0. The first kappa shape index (κ1) is 14.5. The van der Waals surface area contributed by atoms with Crippen LogP contribution in [0.1, 0.15) is 43.0 Å². The highest BCUT2D eigenvalue weighted by Crippen LogP contribution is 2.37. The van der Waals surface area contributed by atoms with E-state index in [1.54, 1.807) is 0 Å². The lowest BCUT2D eigenvalue weighted by Crippen LogP contribution is -2.33. The van der Waals surface area contributed by atoms with Gasteiger partial charge in [-0.15, -0.1) is 24.0 Å². The van der Waals surface area contributed by atoms with Gasteiger partial charge in [-0.25, -0.2) is 9.97 Å². The van der Waals surface area contributed by atoms with Crippen LogP contribution in [0.4, 0.5) is 0 Å². The molecule has 0 bridgehead atoms. The lowest BCUT2D eigenvalue weighted by atomic mass is 10.2. The van der Waals surface area contributed by atoms with Crippen LogP contribution < -0.4 is 11.1 Å². The summed E-state index contributed by atoms with van der Waals surface area (Å²) in [4.78, 5) is 13.1. The van der Waals surface area contributed by atoms with Gasteiger partial charge in [0.25, 0.3) is 0 Å². The topological polar surface area (TPSA) is 76.2 Å². The number of rotatable bonds is 5. The number of nitrogens with two attached hydrogens (primary N) is 1. The zero-order valence-electron chi connectivity index (χ0n) is 10.9. The SMILES string of the molecule is I.NC(=NCCc1cnc(C2CC2)nc1)NC1CC1. The van der Waals surface area contributed by atoms with Crippen LogP contribution in [0.2, 0.25) is 0 Å². The van der Waals surface area contributed by atoms with Crippen molar-refractivity contribution in [2.45, 2.75) is 44.1 Å². The molecule has 2 fully saturated rings. The Labute approximate surface area is 130 Å². The first-order valence-corrected chi connectivity index (χ1v) is 6.68. The summed E-state index contributed by atoms with van der Waals surface area (Å²) in [6.45, 7) is 0.692. The molecule has 5 nitrogen and oxygen atoms in total. The molecule has 0 unspecified atom stereocenters. The van der Waals surface area contributed by atoms with E-state index in [1.165, 1.54) is 25.7 Å². The average Bonchev–Trinajstić information content (AvgIpc) is 3.24. The molecule has 0 spiro atoms. The Balaban J connectivity index is 0.00000133. The molecule has 0 aromatic carbocycles. The molecular formula is C13H20IN5. The second-order valence-electron chi connectivity index (χ2n) is 5.16. The van der Waals surface area contributed by atoms with E-state index in [1.807, 2.05) is 12.4 Å². The Kier molecular flexibility index (Phi) is 4.95. The molecule has 3 N–H and O–H groups in total. The highest BCUT2D eigenvalue weighted by molar-refractivity contribution is 14.0. The molecule has 1 heterocycles. The summed E-state index contributed by atoms with van der Waals surface area (Å²) in [6, 6.07) is 0.565. The van der Waals surface area contributed by atoms with Crippen LogP contribution in [0, 0.1) is 0 Å². The summed E-state index contributed by atoms with van der Waals surface area (Å²) in [6.07, 6.45) is 9.60. The molecule has 1 aromatic heterocycles. The van der Waals surface area contributed by atoms with E-state index in [0.29, 0.717) is 24.5 Å². The Morgan fingerprint density at radius 2 is 1.95 bits per heavy atom. The maximum atomic E-state index is 5.76. The van der Waals surface area contributed by atoms with Crippen molar-refractivity contribution in [2.24, 2.45) is 10.7 Å². The van der Waals surface area contributed by atoms with Crippen LogP contribution in [0.25, 0.3) is 0 Å². The van der Waals surface area contributed by atoms with Gasteiger partial charge in [0.05, 0.1) is 0 Å². The van der Waals surface area contributed by atoms with E-state index in [9.17, 15) is 0 Å². The lowest BCUT2D eigenvalue weighted by molar-refractivity contribution is 0.856. The normalized spacial score (nSPS) is 18.8. The van der Waals surface area contributed by atoms with Crippen molar-refractivity contribution >= 4 is 29.9 Å². The average molecular weight is 373 g/mol. The first-order valence-electron chi connectivity index (χ1n) is 6.68. The number of aromatic nitrogens is 2. The van der Waals surface area contributed by atoms with Crippen LogP contribution in [0.15, 0.2) is 17.4 Å². The van der Waals surface area contributed by atoms with Crippen LogP contribution in [-0.2, 0) is 6.42 Å². The van der Waals surface area contributed by atoms with E-state index in [-0.39, 0.29) is 24.0 Å². The minimum Gasteiger partial charge on any atom is -0.370 e. The van der Waals surface area contributed by atoms with E-state index in [2.05, 4.69) is 20.3 Å². The number of guanidine groups is 1. The number of hydrogen-bond donors (Lipinski definition) is 2. The largest absolute Gasteiger partial charge is 0.370 e. The summed E-state index contributed by atoms with van der Waals surface area (Å²) in [5, 5.41) is 3.17. The van der Waals surface area contributed by atoms with Gasteiger partial charge in [0.2, 0.25) is 0 Å². The predicted molar refractivity (Wildman–Crippen MR) is 85.8 cm³/mol. The zero-order valence-corrected chi connectivity index (χ0v) is 13.2. The molecule has 2 aliphatic carbocycles. The van der Waals surface area contributed by atoms with Crippen molar-refractivity contribution in [2.75, 3.05) is 6.54 Å². The van der Waals surface area contributed by atoms with E-state index >= 15 is 0 Å². The van der Waals surface area contributed by atoms with E-state index in [4.69, 9.17) is 5.73 Å². The van der Waals surface area contributed by atoms with Crippen molar-refractivity contribution in [3.05, 3.63) is 23.8 Å². The van der Waals surface area contributed by atoms with Gasteiger partial charge in [-0.3, -0.25) is 4.99 Å². The fourth-order valence-electron chi connectivity index (χ4n) is 1.83. The molecule has 0 atom stereocenters. The summed E-state index contributed by atoms with van der Waals surface area (Å²) in [5.74, 6) is 2.18. The molecular weight excluding hydrogens is 353 g/mol. The Bertz CT molecular complexity index is 437. The molecule has 2 saturated carbocycles. The standard InChI is InChI=1S/C13H19N5.HI/c14-13(18-11-3-4-11)15-6-5-9-7-16-12(17-8-9)10-1-2-10;/h7-8,10-11H,1-6H2,(H3,14,15,18);1H. The summed E-state index contributed by atoms with van der Waals surface area (Å²) in [5.41, 5.74) is 6.89. The van der Waals surface area contributed by atoms with Crippen molar-refractivity contribution in [3.8, 4) is 0 Å². The fraction of sp³-hybridized carbons (Fsp3) is 0.615. The highest BCUT2D eigenvalue weighted by Gasteiger charge is 2.26. The monoisotopic (exact) mass is 373 g/mol. The lowest BCUT2D eigenvalue weighted by Gasteiger charge is -2.03. The summed E-state index contributed by atoms with van der Waals surface area (Å²) >= 11 is 0. The van der Waals surface area contributed by atoms with E-state index in [0.717, 1.165) is 17.8 Å². The second kappa shape index (κ2) is 6.49. The third kappa shape index (κ3) is 4.59. The van der Waals surface area contributed by atoms with Gasteiger partial charge < -0.3 is 11.1 Å². The zero-order chi connectivity index (χ0) is 12.4. The van der Waals surface area contributed by atoms with Crippen molar-refractivity contribution < 1.29 is 0 Å². The van der Waals surface area contributed by atoms with Gasteiger partial charge in [-0.2, -0.15) is 0 Å². The van der Waals surface area contributed by atoms with Gasteiger partial charge in [0.1, 0.15) is 5.82 Å². The maximum absolute atomic E-state index is 5.76. The van der Waals surface area contributed by atoms with Crippen molar-refractivity contribution in [3.63, 3.8) is 0 Å². The minimum atomic E-state index is 0. The molecule has 1 aromatic rings. The molecule has 3 rings (SSSR count). The quantitative estimate of drug-likeness (QED) is 0.467. The maximum Gasteiger partial charge on any atom is 0.188 e. The van der Waals surface area contributed by atoms with Crippen LogP contribution in [0.5, 0.6) is 0 Å². The number of aliphatic imine (C=N–C) groups is 1. The molecule has 0 aliphatic heterocycles. The van der Waals surface area contributed by atoms with Crippen LogP contribution in [0.3, 0.4) is 0 Å². The molecule has 6 heteroatoms. The summed E-state index contributed by atoms with van der Waals surface area (Å²) < 4.78 is 0. The Hall–Kier alpha value is -0.920. The van der Waals surface area contributed by atoms with Crippen molar-refractivity contribution in [1.82, 2.24) is 15.3 Å². The van der Waals surface area contributed by atoms with Crippen molar-refractivity contribution in [1.29, 1.82) is 0 Å². The molecule has 104 valence electrons. The minimum absolute atomic E-state index is 0. The first-order chi connectivity index (χ1) is 8.81. The molecule has 0 radical (unpaired) electrons. The number of nitrogens with zero attached hydrogens (tertiary/aromatic N) is 3. The fourth-order valence-corrected chi connectivity index (χ4v) is 1.83. The van der Waals surface area contributed by atoms with Crippen LogP contribution >= 0.6 is 24.0 Å². The third-order valence-electron chi connectivity index (χ3n) is 3.28. The van der Waals surface area contributed by atoms with Gasteiger partial charge >= 0.3 is 0 Å². The van der Waals surface area contributed by atoms with Gasteiger partial charge in [-0.1, -0.05) is 0 Å². The molecule has 0 saturated heterocycles. The number of halogens is 1. The van der Waals surface area contributed by atoms with E-state index < -0.39 is 0 Å². The molecule has 19 heavy (non-hydrogen) atoms. The number of hydrogen-bond acceptors (Lipinski definition) is 3. The smallest absolute Gasteiger partial charge is 0.188 e. The number of nitrogens with one attached hydrogen (secondary N) is 1. The Morgan fingerprint density at radius 3 is 2.53 bits per heavy atom. The predicted octanol–water partition coefficient (Wildman–Crippen LogP) is 1.58. The molecule has 2 aliphatic rings. The van der Waals surface area contributed by atoms with Gasteiger partial charge in [-0.05, 0) is 37.7 Å².